The van der Waals surface area contributed by atoms with E-state index in [0.717, 1.165) is 38.0 Å². The molecule has 2 heterocycles. The molecule has 0 atom stereocenters. The van der Waals surface area contributed by atoms with Crippen LogP contribution in [0.25, 0.3) is 15.3 Å². The molecular weight excluding hydrogens is 344 g/mol. The summed E-state index contributed by atoms with van der Waals surface area (Å²) in [6.07, 6.45) is 0.360. The highest BCUT2D eigenvalue weighted by molar-refractivity contribution is 7.20. The maximum absolute atomic E-state index is 12.3. The average molecular weight is 362 g/mol. The first-order valence-electron chi connectivity index (χ1n) is 8.36. The molecule has 130 valence electrons. The Morgan fingerprint density at radius 2 is 1.92 bits per heavy atom. The molecule has 2 aromatic heterocycles. The van der Waals surface area contributed by atoms with Crippen molar-refractivity contribution >= 4 is 33.1 Å². The Labute approximate surface area is 155 Å². The van der Waals surface area contributed by atoms with Gasteiger partial charge >= 0.3 is 0 Å². The maximum Gasteiger partial charge on any atom is 0.228 e. The van der Waals surface area contributed by atoms with Gasteiger partial charge in [-0.1, -0.05) is 41.7 Å². The minimum Gasteiger partial charge on any atom is -0.326 e. The van der Waals surface area contributed by atoms with Gasteiger partial charge in [-0.05, 0) is 43.7 Å². The van der Waals surface area contributed by atoms with Gasteiger partial charge in [0.1, 0.15) is 0 Å². The van der Waals surface area contributed by atoms with Crippen LogP contribution < -0.4 is 5.32 Å². The number of carbonyl (C=O) groups is 1. The predicted molar refractivity (Wildman–Crippen MR) is 105 cm³/mol. The molecule has 0 fully saturated rings. The zero-order valence-corrected chi connectivity index (χ0v) is 15.4. The number of nitrogens with one attached hydrogen (secondary N) is 1. The lowest BCUT2D eigenvalue weighted by atomic mass is 10.1. The summed E-state index contributed by atoms with van der Waals surface area (Å²) in [5, 5.41) is 8.28. The molecule has 0 radical (unpaired) electrons. The van der Waals surface area contributed by atoms with E-state index in [1.807, 2.05) is 73.1 Å². The molecular formula is C20H18N4OS. The lowest BCUT2D eigenvalue weighted by Gasteiger charge is -2.05. The van der Waals surface area contributed by atoms with Crippen molar-refractivity contribution in [1.82, 2.24) is 14.8 Å². The van der Waals surface area contributed by atoms with Gasteiger partial charge in [0, 0.05) is 11.4 Å². The Hall–Kier alpha value is -2.99. The lowest BCUT2D eigenvalue weighted by Crippen LogP contribution is -2.14. The third-order valence-electron chi connectivity index (χ3n) is 4.06. The molecule has 0 saturated heterocycles. The molecule has 0 aliphatic heterocycles. The number of anilines is 1. The van der Waals surface area contributed by atoms with Gasteiger partial charge in [-0.25, -0.2) is 9.67 Å². The van der Waals surface area contributed by atoms with Crippen LogP contribution in [0.4, 0.5) is 5.69 Å². The van der Waals surface area contributed by atoms with Gasteiger partial charge in [0.25, 0.3) is 0 Å². The van der Waals surface area contributed by atoms with E-state index in [9.17, 15) is 4.79 Å². The molecule has 0 spiro atoms. The molecule has 0 bridgehead atoms. The fourth-order valence-electron chi connectivity index (χ4n) is 2.89. The van der Waals surface area contributed by atoms with E-state index in [1.54, 1.807) is 11.3 Å². The first kappa shape index (κ1) is 16.5. The summed E-state index contributed by atoms with van der Waals surface area (Å²) in [4.78, 5) is 16.9. The molecule has 4 aromatic rings. The second-order valence-corrected chi connectivity index (χ2v) is 7.24. The molecule has 2 aromatic carbocycles. The van der Waals surface area contributed by atoms with E-state index in [4.69, 9.17) is 0 Å². The van der Waals surface area contributed by atoms with Crippen LogP contribution in [0.15, 0.2) is 54.6 Å². The fraction of sp³-hybridized carbons (Fsp3) is 0.150. The van der Waals surface area contributed by atoms with Crippen molar-refractivity contribution in [2.24, 2.45) is 0 Å². The average Bonchev–Trinajstić information content (AvgIpc) is 3.17. The Kier molecular flexibility index (Phi) is 4.26. The van der Waals surface area contributed by atoms with E-state index in [1.165, 1.54) is 0 Å². The van der Waals surface area contributed by atoms with Gasteiger partial charge in [-0.3, -0.25) is 4.79 Å². The van der Waals surface area contributed by atoms with Crippen LogP contribution in [-0.4, -0.2) is 20.7 Å². The molecule has 5 nitrogen and oxygen atoms in total. The summed E-state index contributed by atoms with van der Waals surface area (Å²) in [5.41, 5.74) is 4.70. The number of aromatic nitrogens is 3. The number of carbonyl (C=O) groups excluding carboxylic acids is 1. The number of thiazole rings is 1. The van der Waals surface area contributed by atoms with E-state index in [2.05, 4.69) is 15.4 Å². The van der Waals surface area contributed by atoms with Crippen molar-refractivity contribution in [2.45, 2.75) is 20.3 Å². The molecule has 26 heavy (non-hydrogen) atoms. The van der Waals surface area contributed by atoms with Crippen LogP contribution in [0.1, 0.15) is 17.0 Å². The standard InChI is InChI=1S/C20H18N4OS/c1-13-10-14(2)24(23-13)20-22-17-9-8-16(12-18(17)26-20)21-19(25)11-15-6-4-3-5-7-15/h3-10,12H,11H2,1-2H3,(H,21,25). The highest BCUT2D eigenvalue weighted by Crippen LogP contribution is 2.28. The SMILES string of the molecule is Cc1cc(C)n(-c2nc3ccc(NC(=O)Cc4ccccc4)cc3s2)n1. The molecule has 1 amide bonds. The monoisotopic (exact) mass is 362 g/mol. The highest BCUT2D eigenvalue weighted by atomic mass is 32.1. The van der Waals surface area contributed by atoms with Gasteiger partial charge < -0.3 is 5.32 Å². The van der Waals surface area contributed by atoms with E-state index >= 15 is 0 Å². The topological polar surface area (TPSA) is 59.8 Å². The molecule has 0 aliphatic rings. The highest BCUT2D eigenvalue weighted by Gasteiger charge is 2.11. The number of nitrogens with zero attached hydrogens (tertiary/aromatic N) is 3. The summed E-state index contributed by atoms with van der Waals surface area (Å²) in [6.45, 7) is 3.98. The number of rotatable bonds is 4. The number of amides is 1. The second kappa shape index (κ2) is 6.72. The van der Waals surface area contributed by atoms with Crippen molar-refractivity contribution < 1.29 is 4.79 Å². The Morgan fingerprint density at radius 3 is 2.65 bits per heavy atom. The summed E-state index contributed by atoms with van der Waals surface area (Å²) < 4.78 is 2.87. The Balaban J connectivity index is 1.56. The predicted octanol–water partition coefficient (Wildman–Crippen LogP) is 4.28. The quantitative estimate of drug-likeness (QED) is 0.589. The number of hydrogen-bond acceptors (Lipinski definition) is 4. The van der Waals surface area contributed by atoms with E-state index in [0.29, 0.717) is 6.42 Å². The van der Waals surface area contributed by atoms with Gasteiger partial charge in [-0.15, -0.1) is 0 Å². The maximum atomic E-state index is 12.3. The van der Waals surface area contributed by atoms with Crippen LogP contribution >= 0.6 is 11.3 Å². The van der Waals surface area contributed by atoms with Crippen molar-refractivity contribution in [2.75, 3.05) is 5.32 Å². The Bertz CT molecular complexity index is 1080. The summed E-state index contributed by atoms with van der Waals surface area (Å²) in [5.74, 6) is -0.0289. The molecule has 0 aliphatic carbocycles. The number of benzene rings is 2. The zero-order chi connectivity index (χ0) is 18.1. The zero-order valence-electron chi connectivity index (χ0n) is 14.6. The van der Waals surface area contributed by atoms with Crippen LogP contribution in [0.2, 0.25) is 0 Å². The van der Waals surface area contributed by atoms with Crippen molar-refractivity contribution in [3.8, 4) is 5.13 Å². The van der Waals surface area contributed by atoms with E-state index < -0.39 is 0 Å². The summed E-state index contributed by atoms with van der Waals surface area (Å²) in [7, 11) is 0. The van der Waals surface area contributed by atoms with E-state index in [-0.39, 0.29) is 5.91 Å². The van der Waals surface area contributed by atoms with Crippen molar-refractivity contribution in [3.05, 3.63) is 71.5 Å². The van der Waals surface area contributed by atoms with Crippen LogP contribution in [0.5, 0.6) is 0 Å². The van der Waals surface area contributed by atoms with Crippen molar-refractivity contribution in [3.63, 3.8) is 0 Å². The fourth-order valence-corrected chi connectivity index (χ4v) is 3.91. The summed E-state index contributed by atoms with van der Waals surface area (Å²) >= 11 is 1.56. The second-order valence-electron chi connectivity index (χ2n) is 6.23. The van der Waals surface area contributed by atoms with Gasteiger partial charge in [0.2, 0.25) is 11.0 Å². The third-order valence-corrected chi connectivity index (χ3v) is 5.05. The third kappa shape index (κ3) is 3.36. The number of hydrogen-bond donors (Lipinski definition) is 1. The minimum atomic E-state index is -0.0289. The van der Waals surface area contributed by atoms with Crippen LogP contribution in [0, 0.1) is 13.8 Å². The molecule has 1 N–H and O–H groups in total. The minimum absolute atomic E-state index is 0.0289. The number of fused-ring (bicyclic) bond motifs is 1. The molecule has 0 unspecified atom stereocenters. The largest absolute Gasteiger partial charge is 0.326 e. The van der Waals surface area contributed by atoms with Gasteiger partial charge in [0.05, 0.1) is 22.3 Å². The smallest absolute Gasteiger partial charge is 0.228 e. The lowest BCUT2D eigenvalue weighted by molar-refractivity contribution is -0.115. The first-order chi connectivity index (χ1) is 12.6. The first-order valence-corrected chi connectivity index (χ1v) is 9.18. The number of aryl methyl sites for hydroxylation is 2. The van der Waals surface area contributed by atoms with Crippen molar-refractivity contribution in [1.29, 1.82) is 0 Å². The van der Waals surface area contributed by atoms with Gasteiger partial charge in [-0.2, -0.15) is 5.10 Å². The summed E-state index contributed by atoms with van der Waals surface area (Å²) in [6, 6.07) is 17.5. The van der Waals surface area contributed by atoms with Gasteiger partial charge in [0.15, 0.2) is 0 Å². The van der Waals surface area contributed by atoms with Crippen LogP contribution in [0.3, 0.4) is 0 Å². The molecule has 0 saturated carbocycles. The molecule has 6 heteroatoms. The Morgan fingerprint density at radius 1 is 1.12 bits per heavy atom. The van der Waals surface area contributed by atoms with Crippen LogP contribution in [-0.2, 0) is 11.2 Å². The normalized spacial score (nSPS) is 11.0. The molecule has 4 rings (SSSR count).